The number of hydrogen-bond acceptors (Lipinski definition) is 6. The summed E-state index contributed by atoms with van der Waals surface area (Å²) < 4.78 is 30.2. The number of halogens is 2. The van der Waals surface area contributed by atoms with E-state index >= 15 is 0 Å². The summed E-state index contributed by atoms with van der Waals surface area (Å²) in [5.74, 6) is -1.63. The highest BCUT2D eigenvalue weighted by molar-refractivity contribution is 5.96. The van der Waals surface area contributed by atoms with Crippen molar-refractivity contribution in [3.63, 3.8) is 0 Å². The summed E-state index contributed by atoms with van der Waals surface area (Å²) in [6.45, 7) is 0.695. The Kier molecular flexibility index (Phi) is 7.63. The maximum absolute atomic E-state index is 14.1. The number of nitrogens with one attached hydrogen (secondary N) is 2. The average Bonchev–Trinajstić information content (AvgIpc) is 3.67. The Morgan fingerprint density at radius 3 is 2.50 bits per heavy atom. The molecule has 0 saturated carbocycles. The zero-order valence-electron chi connectivity index (χ0n) is 24.5. The molecule has 0 bridgehead atoms. The third kappa shape index (κ3) is 5.77. The lowest BCUT2D eigenvalue weighted by molar-refractivity contribution is -0.117. The van der Waals surface area contributed by atoms with E-state index in [1.54, 1.807) is 35.4 Å². The molecule has 1 aliphatic rings. The topological polar surface area (TPSA) is 105 Å². The van der Waals surface area contributed by atoms with E-state index in [1.807, 2.05) is 59.1 Å². The van der Waals surface area contributed by atoms with Crippen molar-refractivity contribution in [2.45, 2.75) is 19.3 Å². The first-order valence-corrected chi connectivity index (χ1v) is 14.7. The van der Waals surface area contributed by atoms with Gasteiger partial charge in [0.25, 0.3) is 0 Å². The lowest BCUT2D eigenvalue weighted by atomic mass is 10.1. The molecule has 0 unspecified atom stereocenters. The van der Waals surface area contributed by atoms with E-state index in [2.05, 4.69) is 15.6 Å². The Bertz CT molecular complexity index is 2090. The number of carbonyl (C=O) groups is 2. The zero-order valence-corrected chi connectivity index (χ0v) is 24.5. The van der Waals surface area contributed by atoms with Crippen molar-refractivity contribution in [2.24, 2.45) is 0 Å². The fraction of sp³-hybridized carbons (Fsp3) is 0.114. The third-order valence-electron chi connectivity index (χ3n) is 7.73. The fourth-order valence-corrected chi connectivity index (χ4v) is 5.61. The molecule has 2 amide bonds. The van der Waals surface area contributed by atoms with Crippen molar-refractivity contribution in [1.82, 2.24) is 19.4 Å². The number of amides is 2. The number of aromatic nitrogens is 4. The number of fused-ring (bicyclic) bond motifs is 1. The lowest BCUT2D eigenvalue weighted by Crippen LogP contribution is -2.23. The highest BCUT2D eigenvalue weighted by atomic mass is 19.1. The van der Waals surface area contributed by atoms with Crippen LogP contribution in [0, 0.1) is 11.6 Å². The SMILES string of the molecule is O=C(Cc1c(F)cccc1F)Nc1cccc(-c2nc3ccccn3c2-c2ccnc(Nc3cccc(N4CCCC4=O)c3)n2)c1. The molecular formula is C35H27F2N7O2. The molecule has 0 radical (unpaired) electrons. The second kappa shape index (κ2) is 12.2. The summed E-state index contributed by atoms with van der Waals surface area (Å²) in [4.78, 5) is 40.9. The number of hydrogen-bond donors (Lipinski definition) is 2. The van der Waals surface area contributed by atoms with Gasteiger partial charge in [-0.1, -0.05) is 30.3 Å². The number of rotatable bonds is 8. The van der Waals surface area contributed by atoms with Crippen LogP contribution in [0.2, 0.25) is 0 Å². The molecule has 11 heteroatoms. The Labute approximate surface area is 262 Å². The summed E-state index contributed by atoms with van der Waals surface area (Å²) in [6, 6.07) is 25.6. The predicted octanol–water partition coefficient (Wildman–Crippen LogP) is 6.79. The van der Waals surface area contributed by atoms with Crippen molar-refractivity contribution in [3.05, 3.63) is 121 Å². The third-order valence-corrected chi connectivity index (χ3v) is 7.73. The van der Waals surface area contributed by atoms with E-state index in [0.717, 1.165) is 29.9 Å². The average molecular weight is 616 g/mol. The number of carbonyl (C=O) groups excluding carboxylic acids is 2. The van der Waals surface area contributed by atoms with Gasteiger partial charge in [0.2, 0.25) is 17.8 Å². The maximum Gasteiger partial charge on any atom is 0.229 e. The summed E-state index contributed by atoms with van der Waals surface area (Å²) in [5.41, 5.74) is 5.02. The molecule has 228 valence electrons. The molecule has 46 heavy (non-hydrogen) atoms. The molecule has 9 nitrogen and oxygen atoms in total. The first-order valence-electron chi connectivity index (χ1n) is 14.7. The molecule has 0 aliphatic carbocycles. The summed E-state index contributed by atoms with van der Waals surface area (Å²) in [5, 5.41) is 6.00. The molecule has 4 heterocycles. The second-order valence-electron chi connectivity index (χ2n) is 10.8. The molecule has 3 aromatic heterocycles. The van der Waals surface area contributed by atoms with Gasteiger partial charge in [-0.25, -0.2) is 23.7 Å². The van der Waals surface area contributed by atoms with Gasteiger partial charge in [0.15, 0.2) is 0 Å². The lowest BCUT2D eigenvalue weighted by Gasteiger charge is -2.17. The first-order chi connectivity index (χ1) is 22.4. The van der Waals surface area contributed by atoms with Crippen molar-refractivity contribution in [2.75, 3.05) is 22.1 Å². The van der Waals surface area contributed by atoms with Crippen molar-refractivity contribution < 1.29 is 18.4 Å². The van der Waals surface area contributed by atoms with Crippen molar-refractivity contribution in [1.29, 1.82) is 0 Å². The summed E-state index contributed by atoms with van der Waals surface area (Å²) in [7, 11) is 0. The number of pyridine rings is 1. The smallest absolute Gasteiger partial charge is 0.229 e. The van der Waals surface area contributed by atoms with Crippen LogP contribution in [0.4, 0.5) is 31.8 Å². The van der Waals surface area contributed by atoms with E-state index < -0.39 is 24.0 Å². The van der Waals surface area contributed by atoms with Crippen LogP contribution in [-0.2, 0) is 16.0 Å². The largest absolute Gasteiger partial charge is 0.326 e. The Morgan fingerprint density at radius 2 is 1.67 bits per heavy atom. The van der Waals surface area contributed by atoms with Gasteiger partial charge < -0.3 is 15.5 Å². The number of imidazole rings is 1. The van der Waals surface area contributed by atoms with Gasteiger partial charge in [-0.3, -0.25) is 14.0 Å². The maximum atomic E-state index is 14.1. The van der Waals surface area contributed by atoms with Gasteiger partial charge in [0, 0.05) is 53.5 Å². The Morgan fingerprint density at radius 1 is 0.870 bits per heavy atom. The van der Waals surface area contributed by atoms with E-state index in [1.165, 1.54) is 6.07 Å². The van der Waals surface area contributed by atoms with Gasteiger partial charge in [-0.15, -0.1) is 0 Å². The van der Waals surface area contributed by atoms with Crippen LogP contribution in [0.1, 0.15) is 18.4 Å². The summed E-state index contributed by atoms with van der Waals surface area (Å²) in [6.07, 6.45) is 4.49. The van der Waals surface area contributed by atoms with E-state index in [9.17, 15) is 18.4 Å². The van der Waals surface area contributed by atoms with Crippen LogP contribution >= 0.6 is 0 Å². The van der Waals surface area contributed by atoms with Crippen LogP contribution in [0.15, 0.2) is 103 Å². The number of anilines is 4. The molecule has 1 saturated heterocycles. The highest BCUT2D eigenvalue weighted by Gasteiger charge is 2.22. The van der Waals surface area contributed by atoms with E-state index in [0.29, 0.717) is 52.9 Å². The molecular weight excluding hydrogens is 588 g/mol. The molecule has 0 spiro atoms. The van der Waals surface area contributed by atoms with Crippen LogP contribution in [0.25, 0.3) is 28.3 Å². The van der Waals surface area contributed by atoms with Crippen molar-refractivity contribution in [3.8, 4) is 22.6 Å². The molecule has 1 aliphatic heterocycles. The van der Waals surface area contributed by atoms with Gasteiger partial charge in [0.05, 0.1) is 23.5 Å². The first kappa shape index (κ1) is 28.8. The van der Waals surface area contributed by atoms with Crippen molar-refractivity contribution >= 4 is 40.5 Å². The van der Waals surface area contributed by atoms with Gasteiger partial charge in [-0.05, 0) is 67.1 Å². The van der Waals surface area contributed by atoms with Gasteiger partial charge in [0.1, 0.15) is 17.3 Å². The quantitative estimate of drug-likeness (QED) is 0.196. The molecule has 7 rings (SSSR count). The van der Waals surface area contributed by atoms with Gasteiger partial charge >= 0.3 is 0 Å². The molecule has 1 fully saturated rings. The van der Waals surface area contributed by atoms with Crippen LogP contribution in [0.3, 0.4) is 0 Å². The minimum Gasteiger partial charge on any atom is -0.326 e. The second-order valence-corrected chi connectivity index (χ2v) is 10.8. The normalized spacial score (nSPS) is 12.9. The van der Waals surface area contributed by atoms with Crippen LogP contribution in [0.5, 0.6) is 0 Å². The Balaban J connectivity index is 1.19. The van der Waals surface area contributed by atoms with E-state index in [4.69, 9.17) is 9.97 Å². The van der Waals surface area contributed by atoms with E-state index in [-0.39, 0.29) is 11.5 Å². The predicted molar refractivity (Wildman–Crippen MR) is 172 cm³/mol. The fourth-order valence-electron chi connectivity index (χ4n) is 5.61. The molecule has 6 aromatic rings. The number of benzene rings is 3. The monoisotopic (exact) mass is 615 g/mol. The molecule has 0 atom stereocenters. The summed E-state index contributed by atoms with van der Waals surface area (Å²) >= 11 is 0. The van der Waals surface area contributed by atoms with Crippen LogP contribution < -0.4 is 15.5 Å². The minimum absolute atomic E-state index is 0.109. The standard InChI is InChI=1S/C35H27F2N7O2/c36-27-11-5-12-28(37)26(27)21-31(45)39-23-8-3-7-22(19-23)33-34(44-17-2-1-13-30(44)42-33)29-15-16-38-35(41-29)40-24-9-4-10-25(20-24)43-18-6-14-32(43)46/h1-5,7-13,15-17,19-20H,6,14,18,21H2,(H,39,45)(H,38,40,41). The molecule has 3 aromatic carbocycles. The Hall–Kier alpha value is -5.97. The molecule has 2 N–H and O–H groups in total. The number of nitrogens with zero attached hydrogens (tertiary/aromatic N) is 5. The highest BCUT2D eigenvalue weighted by Crippen LogP contribution is 2.34. The van der Waals surface area contributed by atoms with Gasteiger partial charge in [-0.2, -0.15) is 0 Å². The van der Waals surface area contributed by atoms with Crippen LogP contribution in [-0.4, -0.2) is 37.7 Å². The minimum atomic E-state index is -0.772. The zero-order chi connectivity index (χ0) is 31.6.